The van der Waals surface area contributed by atoms with Gasteiger partial charge in [0.25, 0.3) is 0 Å². The first kappa shape index (κ1) is 48.3. The predicted octanol–water partition coefficient (Wildman–Crippen LogP) is 7.04. The molecule has 1 unspecified atom stereocenters. The second-order valence-corrected chi connectivity index (χ2v) is 2.66. The van der Waals surface area contributed by atoms with Gasteiger partial charge in [0.15, 0.2) is 0 Å². The summed E-state index contributed by atoms with van der Waals surface area (Å²) < 4.78 is 0. The maximum atomic E-state index is 2.33. The summed E-state index contributed by atoms with van der Waals surface area (Å²) in [6, 6.07) is 0. The zero-order valence-corrected chi connectivity index (χ0v) is 6.41. The average molecular weight is 210 g/mol. The molecule has 0 nitrogen and oxygen atoms in total. The van der Waals surface area contributed by atoms with E-state index in [1.807, 2.05) is 0 Å². The molecule has 0 saturated heterocycles. The summed E-state index contributed by atoms with van der Waals surface area (Å²) in [6.45, 7) is 6.85. The zero-order chi connectivity index (χ0) is 6.41. The molecule has 0 aliphatic rings. The molecule has 14 heavy (non-hydrogen) atoms. The molecule has 98 valence electrons. The Hall–Kier alpha value is 0. The molecule has 0 heteroatoms. The van der Waals surface area contributed by atoms with Crippen LogP contribution in [0.15, 0.2) is 0 Å². The van der Waals surface area contributed by atoms with Crippen molar-refractivity contribution in [2.45, 2.75) is 91.0 Å². The van der Waals surface area contributed by atoms with Gasteiger partial charge in [-0.1, -0.05) is 91.0 Å². The highest BCUT2D eigenvalue weighted by molar-refractivity contribution is 4.47. The van der Waals surface area contributed by atoms with Crippen molar-refractivity contribution in [1.29, 1.82) is 0 Å². The van der Waals surface area contributed by atoms with E-state index in [0.29, 0.717) is 0 Å². The van der Waals surface area contributed by atoms with Crippen LogP contribution in [0.2, 0.25) is 0 Å². The van der Waals surface area contributed by atoms with Crippen LogP contribution < -0.4 is 0 Å². The monoisotopic (exact) mass is 210 g/mol. The summed E-state index contributed by atoms with van der Waals surface area (Å²) in [5, 5.41) is 0. The van der Waals surface area contributed by atoms with Crippen LogP contribution in [0.1, 0.15) is 91.0 Å². The Labute approximate surface area is 97.5 Å². The minimum Gasteiger partial charge on any atom is -0.0776 e. The molecule has 0 N–H and O–H groups in total. The average Bonchev–Trinajstić information content (AvgIpc) is 1.83. The summed E-state index contributed by atoms with van der Waals surface area (Å²) >= 11 is 0. The molecular formula is C14H42. The van der Waals surface area contributed by atoms with E-state index < -0.39 is 0 Å². The van der Waals surface area contributed by atoms with Crippen LogP contribution in [-0.4, -0.2) is 0 Å². The fourth-order valence-electron chi connectivity index (χ4n) is 0.757. The van der Waals surface area contributed by atoms with Crippen LogP contribution in [0, 0.1) is 5.92 Å². The fourth-order valence-corrected chi connectivity index (χ4v) is 0.757. The Morgan fingerprint density at radius 1 is 0.786 bits per heavy atom. The van der Waals surface area contributed by atoms with E-state index in [4.69, 9.17) is 0 Å². The molecule has 0 rings (SSSR count). The third kappa shape index (κ3) is 40.3. The maximum absolute atomic E-state index is 2.33. The van der Waals surface area contributed by atoms with Crippen LogP contribution in [0.4, 0.5) is 0 Å². The van der Waals surface area contributed by atoms with Crippen molar-refractivity contribution in [2.75, 3.05) is 0 Å². The van der Waals surface area contributed by atoms with Crippen molar-refractivity contribution < 1.29 is 0 Å². The van der Waals surface area contributed by atoms with Crippen molar-refractivity contribution in [3.63, 3.8) is 0 Å². The van der Waals surface area contributed by atoms with E-state index in [1.54, 1.807) is 0 Å². The molecule has 0 fully saturated rings. The summed E-state index contributed by atoms with van der Waals surface area (Å²) in [7, 11) is 0. The molecule has 0 aromatic heterocycles. The largest absolute Gasteiger partial charge is 0.0776 e. The Morgan fingerprint density at radius 3 is 1.36 bits per heavy atom. The van der Waals surface area contributed by atoms with Crippen LogP contribution in [0.3, 0.4) is 0 Å². The lowest BCUT2D eigenvalue weighted by atomic mass is 10.0. The van der Waals surface area contributed by atoms with Crippen molar-refractivity contribution in [1.82, 2.24) is 0 Å². The van der Waals surface area contributed by atoms with E-state index in [-0.39, 0.29) is 44.6 Å². The molecule has 0 amide bonds. The van der Waals surface area contributed by atoms with Gasteiger partial charge < -0.3 is 0 Å². The Kier molecular flexibility index (Phi) is 132. The highest BCUT2D eigenvalue weighted by Gasteiger charge is 1.94. The number of hydrogen-bond donors (Lipinski definition) is 0. The van der Waals surface area contributed by atoms with Crippen molar-refractivity contribution in [2.24, 2.45) is 5.92 Å². The van der Waals surface area contributed by atoms with Gasteiger partial charge in [-0.2, -0.15) is 0 Å². The third-order valence-corrected chi connectivity index (χ3v) is 1.75. The highest BCUT2D eigenvalue weighted by atomic mass is 14.0. The van der Waals surface area contributed by atoms with Gasteiger partial charge in [0.2, 0.25) is 0 Å². The van der Waals surface area contributed by atoms with Gasteiger partial charge in [-0.05, 0) is 5.92 Å². The minimum atomic E-state index is 0. The summed E-state index contributed by atoms with van der Waals surface area (Å²) in [4.78, 5) is 0. The standard InChI is InChI=1S/C8H18.6CH4/c1-4-6-7-8(3)5-2;;;;;;/h8H,4-7H2,1-3H3;6*1H4. The van der Waals surface area contributed by atoms with Crippen molar-refractivity contribution in [3.8, 4) is 0 Å². The lowest BCUT2D eigenvalue weighted by molar-refractivity contribution is 0.492. The number of hydrogen-bond acceptors (Lipinski definition) is 0. The Morgan fingerprint density at radius 2 is 1.14 bits per heavy atom. The van der Waals surface area contributed by atoms with E-state index in [0.717, 1.165) is 5.92 Å². The van der Waals surface area contributed by atoms with E-state index in [1.165, 1.54) is 25.7 Å². The van der Waals surface area contributed by atoms with Gasteiger partial charge in [-0.25, -0.2) is 0 Å². The molecule has 0 radical (unpaired) electrons. The molecule has 0 spiro atoms. The quantitative estimate of drug-likeness (QED) is 0.467. The van der Waals surface area contributed by atoms with Crippen LogP contribution in [0.5, 0.6) is 0 Å². The molecule has 1 atom stereocenters. The SMILES string of the molecule is C.C.C.C.C.C.CCCCC(C)CC. The topological polar surface area (TPSA) is 0 Å². The fraction of sp³-hybridized carbons (Fsp3) is 1.00. The summed E-state index contributed by atoms with van der Waals surface area (Å²) in [5.74, 6) is 0.954. The molecule has 0 aliphatic heterocycles. The molecule has 0 aromatic rings. The van der Waals surface area contributed by atoms with Gasteiger partial charge in [0.1, 0.15) is 0 Å². The van der Waals surface area contributed by atoms with Gasteiger partial charge >= 0.3 is 0 Å². The van der Waals surface area contributed by atoms with Gasteiger partial charge in [0.05, 0.1) is 0 Å². The van der Waals surface area contributed by atoms with Crippen LogP contribution >= 0.6 is 0 Å². The first-order valence-corrected chi connectivity index (χ1v) is 3.81. The Bertz CT molecular complexity index is 39.3. The summed E-state index contributed by atoms with van der Waals surface area (Å²) in [5.41, 5.74) is 0. The maximum Gasteiger partial charge on any atom is -0.0445 e. The van der Waals surface area contributed by atoms with Gasteiger partial charge in [-0.3, -0.25) is 0 Å². The van der Waals surface area contributed by atoms with Gasteiger partial charge in [-0.15, -0.1) is 0 Å². The molecule has 0 bridgehead atoms. The number of rotatable bonds is 4. The molecule has 0 heterocycles. The normalized spacial score (nSPS) is 7.93. The molecule has 0 aliphatic carbocycles. The van der Waals surface area contributed by atoms with Crippen LogP contribution in [-0.2, 0) is 0 Å². The molecular weight excluding hydrogens is 168 g/mol. The minimum absolute atomic E-state index is 0. The van der Waals surface area contributed by atoms with E-state index >= 15 is 0 Å². The number of unbranched alkanes of at least 4 members (excludes halogenated alkanes) is 1. The lowest BCUT2D eigenvalue weighted by Crippen LogP contribution is -1.89. The Balaban J connectivity index is -0.0000000163. The third-order valence-electron chi connectivity index (χ3n) is 1.75. The van der Waals surface area contributed by atoms with Crippen LogP contribution in [0.25, 0.3) is 0 Å². The van der Waals surface area contributed by atoms with Crippen molar-refractivity contribution in [3.05, 3.63) is 0 Å². The smallest absolute Gasteiger partial charge is 0.0445 e. The second-order valence-electron chi connectivity index (χ2n) is 2.66. The van der Waals surface area contributed by atoms with E-state index in [9.17, 15) is 0 Å². The highest BCUT2D eigenvalue weighted by Crippen LogP contribution is 2.09. The van der Waals surface area contributed by atoms with E-state index in [2.05, 4.69) is 20.8 Å². The molecule has 0 aromatic carbocycles. The predicted molar refractivity (Wildman–Crippen MR) is 79.4 cm³/mol. The van der Waals surface area contributed by atoms with Crippen molar-refractivity contribution >= 4 is 0 Å². The van der Waals surface area contributed by atoms with Gasteiger partial charge in [0, 0.05) is 0 Å². The first-order chi connectivity index (χ1) is 3.81. The first-order valence-electron chi connectivity index (χ1n) is 3.81. The molecule has 0 saturated carbocycles. The summed E-state index contributed by atoms with van der Waals surface area (Å²) in [6.07, 6.45) is 5.53. The second kappa shape index (κ2) is 38.2. The lowest BCUT2D eigenvalue weighted by Gasteiger charge is -2.04. The zero-order valence-electron chi connectivity index (χ0n) is 6.41.